The molecule has 2 bridgehead atoms. The molecule has 4 rings (SSSR count). The van der Waals surface area contributed by atoms with E-state index in [1.807, 2.05) is 37.3 Å². The summed E-state index contributed by atoms with van der Waals surface area (Å²) in [4.78, 5) is 54.0. The molecule has 34 heavy (non-hydrogen) atoms. The highest BCUT2D eigenvalue weighted by atomic mass is 16.5. The maximum absolute atomic E-state index is 13.0. The molecular weight excluding hydrogens is 436 g/mol. The summed E-state index contributed by atoms with van der Waals surface area (Å²) < 4.78 is 6.53. The number of fused-ring (bicyclic) bond motifs is 2. The Labute approximate surface area is 197 Å². The van der Waals surface area contributed by atoms with Crippen molar-refractivity contribution in [2.45, 2.75) is 52.0 Å². The van der Waals surface area contributed by atoms with Gasteiger partial charge in [0, 0.05) is 13.0 Å². The molecule has 0 radical (unpaired) electrons. The standard InChI is InChI=1S/C25H32N4O5/c1-2-10-28(20(30)15-34-21(31)13-19-12-17-8-9-18(19)11-17)22-23(26)29(25(33)27-24(22)32)14-16-6-4-3-5-7-16/h3-7,17-19H,2,8-15,26H2,1H3,(H,27,32,33). The molecule has 2 aromatic rings. The number of carbonyl (C=O) groups is 2. The number of aromatic nitrogens is 2. The van der Waals surface area contributed by atoms with Gasteiger partial charge in [-0.15, -0.1) is 0 Å². The molecule has 3 unspecified atom stereocenters. The molecule has 0 saturated heterocycles. The highest BCUT2D eigenvalue weighted by Gasteiger charge is 2.40. The molecule has 1 amide bonds. The van der Waals surface area contributed by atoms with Crippen LogP contribution >= 0.6 is 0 Å². The van der Waals surface area contributed by atoms with Crippen molar-refractivity contribution >= 4 is 23.4 Å². The summed E-state index contributed by atoms with van der Waals surface area (Å²) in [5.74, 6) is 0.615. The molecule has 3 N–H and O–H groups in total. The maximum atomic E-state index is 13.0. The van der Waals surface area contributed by atoms with Crippen molar-refractivity contribution in [1.82, 2.24) is 9.55 Å². The van der Waals surface area contributed by atoms with Crippen LogP contribution in [0.15, 0.2) is 39.9 Å². The monoisotopic (exact) mass is 468 g/mol. The quantitative estimate of drug-likeness (QED) is 0.544. The summed E-state index contributed by atoms with van der Waals surface area (Å²) in [5.41, 5.74) is 5.55. The second-order valence-electron chi connectivity index (χ2n) is 9.41. The Bertz CT molecular complexity index is 1160. The van der Waals surface area contributed by atoms with Crippen molar-refractivity contribution in [2.24, 2.45) is 17.8 Å². The molecule has 0 spiro atoms. The van der Waals surface area contributed by atoms with Crippen LogP contribution in [0.5, 0.6) is 0 Å². The van der Waals surface area contributed by atoms with E-state index < -0.39 is 29.7 Å². The first-order valence-electron chi connectivity index (χ1n) is 12.0. The fraction of sp³-hybridized carbons (Fsp3) is 0.520. The molecule has 3 atom stereocenters. The molecule has 182 valence electrons. The van der Waals surface area contributed by atoms with E-state index in [0.29, 0.717) is 24.7 Å². The van der Waals surface area contributed by atoms with Crippen molar-refractivity contribution in [1.29, 1.82) is 0 Å². The second kappa shape index (κ2) is 10.3. The van der Waals surface area contributed by atoms with Crippen molar-refractivity contribution in [3.63, 3.8) is 0 Å². The number of hydrogen-bond donors (Lipinski definition) is 2. The van der Waals surface area contributed by atoms with Gasteiger partial charge in [0.05, 0.1) is 6.54 Å². The Morgan fingerprint density at radius 1 is 1.18 bits per heavy atom. The lowest BCUT2D eigenvalue weighted by Gasteiger charge is -2.24. The molecular formula is C25H32N4O5. The van der Waals surface area contributed by atoms with E-state index in [0.717, 1.165) is 17.9 Å². The lowest BCUT2D eigenvalue weighted by atomic mass is 9.86. The van der Waals surface area contributed by atoms with Gasteiger partial charge in [-0.3, -0.25) is 23.9 Å². The molecule has 2 fully saturated rings. The Balaban J connectivity index is 1.48. The number of benzene rings is 1. The number of ether oxygens (including phenoxy) is 1. The average Bonchev–Trinajstić information content (AvgIpc) is 3.43. The molecule has 2 aliphatic rings. The number of nitrogen functional groups attached to an aromatic ring is 1. The maximum Gasteiger partial charge on any atom is 0.330 e. The van der Waals surface area contributed by atoms with E-state index in [-0.39, 0.29) is 24.6 Å². The minimum absolute atomic E-state index is 0.104. The summed E-state index contributed by atoms with van der Waals surface area (Å²) >= 11 is 0. The number of esters is 1. The summed E-state index contributed by atoms with van der Waals surface area (Å²) in [6.45, 7) is 1.71. The van der Waals surface area contributed by atoms with Crippen molar-refractivity contribution in [3.05, 3.63) is 56.7 Å². The summed E-state index contributed by atoms with van der Waals surface area (Å²) in [6, 6.07) is 9.19. The normalized spacial score (nSPS) is 20.9. The van der Waals surface area contributed by atoms with Gasteiger partial charge in [0.15, 0.2) is 12.3 Å². The van der Waals surface area contributed by atoms with Gasteiger partial charge in [0.2, 0.25) is 0 Å². The zero-order chi connectivity index (χ0) is 24.2. The first kappa shape index (κ1) is 23.8. The minimum Gasteiger partial charge on any atom is -0.456 e. The zero-order valence-electron chi connectivity index (χ0n) is 19.5. The largest absolute Gasteiger partial charge is 0.456 e. The van der Waals surface area contributed by atoms with Crippen LogP contribution in [0, 0.1) is 17.8 Å². The highest BCUT2D eigenvalue weighted by Crippen LogP contribution is 2.49. The van der Waals surface area contributed by atoms with Gasteiger partial charge >= 0.3 is 11.7 Å². The number of carbonyl (C=O) groups excluding carboxylic acids is 2. The first-order valence-corrected chi connectivity index (χ1v) is 12.0. The van der Waals surface area contributed by atoms with E-state index >= 15 is 0 Å². The lowest BCUT2D eigenvalue weighted by Crippen LogP contribution is -2.43. The van der Waals surface area contributed by atoms with Crippen molar-refractivity contribution in [2.75, 3.05) is 23.8 Å². The van der Waals surface area contributed by atoms with Crippen LogP contribution in [0.3, 0.4) is 0 Å². The van der Waals surface area contributed by atoms with Crippen molar-refractivity contribution < 1.29 is 14.3 Å². The third kappa shape index (κ3) is 5.08. The van der Waals surface area contributed by atoms with Crippen molar-refractivity contribution in [3.8, 4) is 0 Å². The van der Waals surface area contributed by atoms with E-state index in [4.69, 9.17) is 10.5 Å². The first-order chi connectivity index (χ1) is 16.4. The summed E-state index contributed by atoms with van der Waals surface area (Å²) in [5, 5.41) is 0. The number of nitrogens with zero attached hydrogens (tertiary/aromatic N) is 2. The zero-order valence-corrected chi connectivity index (χ0v) is 19.5. The van der Waals surface area contributed by atoms with Gasteiger partial charge in [-0.1, -0.05) is 43.7 Å². The lowest BCUT2D eigenvalue weighted by molar-refractivity contribution is -0.149. The Kier molecular flexibility index (Phi) is 7.19. The van der Waals surface area contributed by atoms with Gasteiger partial charge in [-0.05, 0) is 49.0 Å². The van der Waals surface area contributed by atoms with Crippen LogP contribution < -0.4 is 21.9 Å². The number of nitrogens with two attached hydrogens (primary N) is 1. The van der Waals surface area contributed by atoms with Crippen LogP contribution in [0.2, 0.25) is 0 Å². The number of aromatic amines is 1. The van der Waals surface area contributed by atoms with E-state index in [9.17, 15) is 19.2 Å². The molecule has 9 nitrogen and oxygen atoms in total. The molecule has 0 aliphatic heterocycles. The van der Waals surface area contributed by atoms with Gasteiger partial charge in [-0.2, -0.15) is 0 Å². The second-order valence-corrected chi connectivity index (χ2v) is 9.41. The third-order valence-corrected chi connectivity index (χ3v) is 7.09. The Morgan fingerprint density at radius 3 is 2.59 bits per heavy atom. The molecule has 1 aromatic carbocycles. The van der Waals surface area contributed by atoms with Crippen LogP contribution in [-0.2, 0) is 20.9 Å². The van der Waals surface area contributed by atoms with E-state index in [2.05, 4.69) is 4.98 Å². The van der Waals surface area contributed by atoms with E-state index in [1.54, 1.807) is 0 Å². The average molecular weight is 469 g/mol. The van der Waals surface area contributed by atoms with Gasteiger partial charge in [0.1, 0.15) is 5.82 Å². The summed E-state index contributed by atoms with van der Waals surface area (Å²) in [7, 11) is 0. The number of nitrogens with one attached hydrogen (secondary N) is 1. The number of H-pyrrole nitrogens is 1. The van der Waals surface area contributed by atoms with E-state index in [1.165, 1.54) is 28.7 Å². The fourth-order valence-electron chi connectivity index (χ4n) is 5.47. The number of hydrogen-bond acceptors (Lipinski definition) is 6. The van der Waals surface area contributed by atoms with Crippen LogP contribution in [0.25, 0.3) is 0 Å². The number of amides is 1. The number of anilines is 2. The third-order valence-electron chi connectivity index (χ3n) is 7.09. The Hall–Kier alpha value is -3.36. The molecule has 2 saturated carbocycles. The molecule has 9 heteroatoms. The predicted molar refractivity (Wildman–Crippen MR) is 128 cm³/mol. The van der Waals surface area contributed by atoms with Crippen LogP contribution in [0.4, 0.5) is 11.5 Å². The predicted octanol–water partition coefficient (Wildman–Crippen LogP) is 2.28. The smallest absolute Gasteiger partial charge is 0.330 e. The number of rotatable bonds is 9. The Morgan fingerprint density at radius 2 is 1.94 bits per heavy atom. The van der Waals surface area contributed by atoms with Gasteiger partial charge in [0.25, 0.3) is 11.5 Å². The van der Waals surface area contributed by atoms with Crippen LogP contribution in [0.1, 0.15) is 51.0 Å². The highest BCUT2D eigenvalue weighted by molar-refractivity contribution is 5.97. The van der Waals surface area contributed by atoms with Crippen LogP contribution in [-0.4, -0.2) is 34.6 Å². The minimum atomic E-state index is -0.748. The van der Waals surface area contributed by atoms with Gasteiger partial charge in [-0.25, -0.2) is 4.79 Å². The SMILES string of the molecule is CCCN(C(=O)COC(=O)CC1CC2CCC1C2)c1c(N)n(Cc2ccccc2)c(=O)[nH]c1=O. The molecule has 1 heterocycles. The molecule has 2 aliphatic carbocycles. The molecule has 1 aromatic heterocycles. The topological polar surface area (TPSA) is 127 Å². The summed E-state index contributed by atoms with van der Waals surface area (Å²) in [6.07, 6.45) is 5.55. The van der Waals surface area contributed by atoms with Gasteiger partial charge < -0.3 is 15.4 Å². The fourth-order valence-corrected chi connectivity index (χ4v) is 5.47.